The van der Waals surface area contributed by atoms with Gasteiger partial charge in [0.2, 0.25) is 0 Å². The van der Waals surface area contributed by atoms with E-state index in [2.05, 4.69) is 142 Å². The molecule has 0 saturated carbocycles. The first-order chi connectivity index (χ1) is 51.2. The van der Waals surface area contributed by atoms with Crippen molar-refractivity contribution in [2.75, 3.05) is 39.6 Å². The van der Waals surface area contributed by atoms with Gasteiger partial charge in [0.1, 0.15) is 25.4 Å². The molecule has 606 valence electrons. The number of carbonyl (C=O) groups is 3. The number of esters is 3. The van der Waals surface area contributed by atoms with Crippen molar-refractivity contribution in [1.82, 2.24) is 0 Å². The molecule has 105 heavy (non-hydrogen) atoms. The number of allylic oxidation sites excluding steroid dienone is 20. The number of unbranched alkanes of at least 4 members (excludes halogenated alkanes) is 36. The van der Waals surface area contributed by atoms with Crippen LogP contribution >= 0.6 is 15.6 Å². The molecular formula is C87H152O16P2. The number of phosphoric acid groups is 2. The molecule has 0 spiro atoms. The van der Waals surface area contributed by atoms with Crippen LogP contribution in [0.15, 0.2) is 122 Å². The lowest BCUT2D eigenvalue weighted by Gasteiger charge is -2.21. The summed E-state index contributed by atoms with van der Waals surface area (Å²) in [5.74, 6) is -1.59. The minimum Gasteiger partial charge on any atom is -0.463 e. The Morgan fingerprint density at radius 1 is 0.276 bits per heavy atom. The van der Waals surface area contributed by atoms with Crippen LogP contribution in [0.25, 0.3) is 0 Å². The number of carbonyl (C=O) groups excluding carboxylic acids is 3. The zero-order valence-electron chi connectivity index (χ0n) is 66.4. The van der Waals surface area contributed by atoms with Gasteiger partial charge in [0, 0.05) is 19.3 Å². The summed E-state index contributed by atoms with van der Waals surface area (Å²) in [6, 6.07) is 0. The fourth-order valence-electron chi connectivity index (χ4n) is 11.3. The lowest BCUT2D eigenvalue weighted by atomic mass is 10.0. The molecule has 0 aromatic carbocycles. The maximum atomic E-state index is 12.9. The second-order valence-corrected chi connectivity index (χ2v) is 30.8. The molecule has 0 aromatic rings. The summed E-state index contributed by atoms with van der Waals surface area (Å²) in [5, 5.41) is 20.6. The molecule has 0 rings (SSSR count). The first kappa shape index (κ1) is 101. The second-order valence-electron chi connectivity index (χ2n) is 27.9. The average Bonchev–Trinajstić information content (AvgIpc) is 0.918. The molecule has 0 aromatic heterocycles. The highest BCUT2D eigenvalue weighted by Gasteiger charge is 2.29. The van der Waals surface area contributed by atoms with E-state index in [1.807, 2.05) is 0 Å². The van der Waals surface area contributed by atoms with Crippen molar-refractivity contribution in [1.29, 1.82) is 0 Å². The fourth-order valence-corrected chi connectivity index (χ4v) is 12.9. The van der Waals surface area contributed by atoms with Crippen LogP contribution in [-0.4, -0.2) is 95.9 Å². The molecule has 0 fully saturated rings. The van der Waals surface area contributed by atoms with Crippen molar-refractivity contribution in [3.8, 4) is 0 Å². The van der Waals surface area contributed by atoms with Gasteiger partial charge in [-0.2, -0.15) is 0 Å². The highest BCUT2D eigenvalue weighted by atomic mass is 31.2. The third-order valence-electron chi connectivity index (χ3n) is 17.6. The smallest absolute Gasteiger partial charge is 0.463 e. The van der Waals surface area contributed by atoms with E-state index in [1.165, 1.54) is 141 Å². The quantitative estimate of drug-likeness (QED) is 0.0146. The summed E-state index contributed by atoms with van der Waals surface area (Å²) in [6.07, 6.45) is 95.7. The number of ether oxygens (including phenoxy) is 3. The van der Waals surface area contributed by atoms with E-state index < -0.39 is 91.5 Å². The standard InChI is InChI=1S/C87H152O16P2/c1-4-7-10-13-16-19-22-24-26-28-30-32-34-35-36-37-38-39-40-41-42-43-44-45-47-49-50-52-54-56-59-61-64-67-70-73-85(90)97-76-82(88)77-99-104(93,94)100-78-83(89)79-101-105(95,96)102-81-84(103-87(92)75-72-69-66-63-58-21-18-15-12-9-6-3)80-98-86(91)74-71-68-65-62-60-57-55-53-51-48-46-33-31-29-27-25-23-20-17-14-11-8-5-2/h7,10,15-20,24-27,30-33,35-36,48,51,82-84,88-89H,4-6,8-9,11-14,21-23,28-29,34,37-47,49-50,52-81H2,1-3H3,(H,93,94)(H,95,96)/b10-7-,18-15-,19-16-,20-17-,26-24-,27-25-,32-30-,33-31-,36-35-,51-48-. The third-order valence-corrected chi connectivity index (χ3v) is 19.5. The van der Waals surface area contributed by atoms with Crippen molar-refractivity contribution in [3.05, 3.63) is 122 Å². The molecule has 0 bridgehead atoms. The lowest BCUT2D eigenvalue weighted by molar-refractivity contribution is -0.161. The molecule has 0 aliphatic rings. The first-order valence-electron chi connectivity index (χ1n) is 41.8. The summed E-state index contributed by atoms with van der Waals surface area (Å²) >= 11 is 0. The average molecular weight is 1520 g/mol. The zero-order valence-corrected chi connectivity index (χ0v) is 68.2. The van der Waals surface area contributed by atoms with Gasteiger partial charge in [-0.25, -0.2) is 9.13 Å². The molecule has 0 amide bonds. The SMILES string of the molecule is CC/C=C\C/C=C\C/C=C\C/C=C\C/C=C\CCCCCCCCCCCCCCCCCCCCCC(=O)OCC(O)COP(=O)(O)OCC(O)COP(=O)(O)OCC(COC(=O)CCCCCCCCC/C=C\C/C=C\C/C=C\C/C=C\CCCCC)OC(=O)CCCCCCC/C=C\CCCC. The summed E-state index contributed by atoms with van der Waals surface area (Å²) in [5.41, 5.74) is 0. The number of aliphatic hydroxyl groups is 2. The van der Waals surface area contributed by atoms with Crippen molar-refractivity contribution in [2.45, 2.75) is 373 Å². The first-order valence-corrected chi connectivity index (χ1v) is 44.8. The Balaban J connectivity index is 4.34. The second kappa shape index (κ2) is 79.5. The van der Waals surface area contributed by atoms with Crippen LogP contribution in [0.4, 0.5) is 0 Å². The third kappa shape index (κ3) is 80.8. The maximum Gasteiger partial charge on any atom is 0.472 e. The summed E-state index contributed by atoms with van der Waals surface area (Å²) in [7, 11) is -9.79. The monoisotopic (exact) mass is 1520 g/mol. The van der Waals surface area contributed by atoms with E-state index in [9.17, 15) is 43.5 Å². The maximum absolute atomic E-state index is 12.9. The highest BCUT2D eigenvalue weighted by molar-refractivity contribution is 7.47. The Hall–Kier alpha value is -4.05. The number of phosphoric ester groups is 2. The zero-order chi connectivity index (χ0) is 76.6. The number of hydrogen-bond acceptors (Lipinski definition) is 14. The molecule has 18 heteroatoms. The minimum absolute atomic E-state index is 0.0910. The van der Waals surface area contributed by atoms with Crippen molar-refractivity contribution < 1.29 is 75.8 Å². The Bertz CT molecular complexity index is 2390. The minimum atomic E-state index is -4.93. The molecule has 0 aliphatic heterocycles. The molecule has 0 aliphatic carbocycles. The van der Waals surface area contributed by atoms with E-state index in [1.54, 1.807) is 0 Å². The number of hydrogen-bond donors (Lipinski definition) is 4. The Labute approximate surface area is 640 Å². The number of rotatable bonds is 79. The number of aliphatic hydroxyl groups excluding tert-OH is 2. The predicted octanol–water partition coefficient (Wildman–Crippen LogP) is 24.9. The van der Waals surface area contributed by atoms with Gasteiger partial charge in [-0.1, -0.05) is 328 Å². The molecule has 0 radical (unpaired) electrons. The van der Waals surface area contributed by atoms with E-state index in [0.29, 0.717) is 19.3 Å². The normalized spacial score (nSPS) is 14.5. The van der Waals surface area contributed by atoms with Gasteiger partial charge in [-0.15, -0.1) is 0 Å². The van der Waals surface area contributed by atoms with Crippen LogP contribution in [0, 0.1) is 0 Å². The molecular weight excluding hydrogens is 1360 g/mol. The van der Waals surface area contributed by atoms with Crippen LogP contribution in [-0.2, 0) is 55.8 Å². The van der Waals surface area contributed by atoms with E-state index in [4.69, 9.17) is 32.3 Å². The molecule has 0 saturated heterocycles. The van der Waals surface area contributed by atoms with Gasteiger partial charge in [-0.3, -0.25) is 32.5 Å². The van der Waals surface area contributed by atoms with Crippen molar-refractivity contribution in [2.24, 2.45) is 0 Å². The van der Waals surface area contributed by atoms with Crippen LogP contribution in [0.1, 0.15) is 355 Å². The van der Waals surface area contributed by atoms with Crippen molar-refractivity contribution >= 4 is 33.6 Å². The summed E-state index contributed by atoms with van der Waals surface area (Å²) in [6.45, 7) is 2.50. The van der Waals surface area contributed by atoms with E-state index in [0.717, 1.165) is 154 Å². The fraction of sp³-hybridized carbons (Fsp3) is 0.736. The summed E-state index contributed by atoms with van der Waals surface area (Å²) in [4.78, 5) is 58.6. The van der Waals surface area contributed by atoms with Gasteiger partial charge in [0.25, 0.3) is 0 Å². The molecule has 5 unspecified atom stereocenters. The Kier molecular flexibility index (Phi) is 76.4. The van der Waals surface area contributed by atoms with Gasteiger partial charge < -0.3 is 34.2 Å². The lowest BCUT2D eigenvalue weighted by Crippen LogP contribution is -2.30. The van der Waals surface area contributed by atoms with Gasteiger partial charge in [-0.05, 0) is 128 Å². The van der Waals surface area contributed by atoms with Gasteiger partial charge in [0.15, 0.2) is 6.10 Å². The molecule has 16 nitrogen and oxygen atoms in total. The van der Waals surface area contributed by atoms with Crippen molar-refractivity contribution in [3.63, 3.8) is 0 Å². The summed E-state index contributed by atoms with van der Waals surface area (Å²) < 4.78 is 61.1. The Morgan fingerprint density at radius 3 is 0.838 bits per heavy atom. The van der Waals surface area contributed by atoms with Crippen LogP contribution < -0.4 is 0 Å². The van der Waals surface area contributed by atoms with Crippen LogP contribution in [0.5, 0.6) is 0 Å². The largest absolute Gasteiger partial charge is 0.472 e. The topological polar surface area (TPSA) is 231 Å². The molecule has 0 heterocycles. The van der Waals surface area contributed by atoms with Gasteiger partial charge >= 0.3 is 33.6 Å². The van der Waals surface area contributed by atoms with Crippen LogP contribution in [0.2, 0.25) is 0 Å². The van der Waals surface area contributed by atoms with E-state index >= 15 is 0 Å². The van der Waals surface area contributed by atoms with Gasteiger partial charge in [0.05, 0.1) is 26.4 Å². The molecule has 4 N–H and O–H groups in total. The molecule has 5 atom stereocenters. The predicted molar refractivity (Wildman–Crippen MR) is 436 cm³/mol. The van der Waals surface area contributed by atoms with Crippen LogP contribution in [0.3, 0.4) is 0 Å². The Morgan fingerprint density at radius 2 is 0.514 bits per heavy atom. The van der Waals surface area contributed by atoms with E-state index in [-0.39, 0.29) is 19.3 Å². The highest BCUT2D eigenvalue weighted by Crippen LogP contribution is 2.45.